The second kappa shape index (κ2) is 4.67. The van der Waals surface area contributed by atoms with E-state index < -0.39 is 0 Å². The van der Waals surface area contributed by atoms with Crippen LogP contribution in [0.25, 0.3) is 11.5 Å². The molecule has 0 aliphatic rings. The Kier molecular flexibility index (Phi) is 3.22. The third-order valence-electron chi connectivity index (χ3n) is 3.08. The molecule has 0 fully saturated rings. The van der Waals surface area contributed by atoms with Gasteiger partial charge in [0.1, 0.15) is 0 Å². The molecule has 2 rings (SSSR count). The first-order valence-corrected chi connectivity index (χ1v) is 5.97. The first-order chi connectivity index (χ1) is 8.56. The second-order valence-corrected chi connectivity index (χ2v) is 4.34. The van der Waals surface area contributed by atoms with Gasteiger partial charge in [-0.05, 0) is 6.42 Å². The number of imidazole rings is 1. The van der Waals surface area contributed by atoms with Crippen molar-refractivity contribution in [2.24, 2.45) is 7.05 Å². The van der Waals surface area contributed by atoms with Crippen LogP contribution in [0.4, 0.5) is 0 Å². The van der Waals surface area contributed by atoms with E-state index >= 15 is 0 Å². The molecule has 0 bridgehead atoms. The standard InChI is InChI=1S/C11H17N5O2/c1-4-5-6-15-10(12-13-11(15)17)9-8(2)14(3)7-16(9)18/h7H,4-6H2,1-3H3,(H,13,17). The first kappa shape index (κ1) is 12.4. The zero-order valence-electron chi connectivity index (χ0n) is 10.8. The van der Waals surface area contributed by atoms with Crippen LogP contribution >= 0.6 is 0 Å². The Balaban J connectivity index is 2.54. The molecule has 2 aromatic rings. The fourth-order valence-electron chi connectivity index (χ4n) is 1.91. The number of rotatable bonds is 4. The van der Waals surface area contributed by atoms with Gasteiger partial charge >= 0.3 is 5.69 Å². The highest BCUT2D eigenvalue weighted by atomic mass is 16.5. The van der Waals surface area contributed by atoms with Gasteiger partial charge in [-0.3, -0.25) is 4.57 Å². The van der Waals surface area contributed by atoms with Crippen LogP contribution in [-0.2, 0) is 13.6 Å². The molecule has 0 aliphatic heterocycles. The van der Waals surface area contributed by atoms with Crippen LogP contribution in [0.2, 0.25) is 0 Å². The smallest absolute Gasteiger partial charge is 0.343 e. The molecule has 7 nitrogen and oxygen atoms in total. The minimum Gasteiger partial charge on any atom is -0.710 e. The molecule has 98 valence electrons. The van der Waals surface area contributed by atoms with E-state index in [2.05, 4.69) is 10.2 Å². The topological polar surface area (TPSA) is 82.5 Å². The molecule has 0 atom stereocenters. The van der Waals surface area contributed by atoms with E-state index in [1.807, 2.05) is 13.8 Å². The van der Waals surface area contributed by atoms with Crippen LogP contribution in [-0.4, -0.2) is 19.3 Å². The minimum absolute atomic E-state index is 0.276. The third kappa shape index (κ3) is 1.92. The second-order valence-electron chi connectivity index (χ2n) is 4.34. The Labute approximate surface area is 104 Å². The van der Waals surface area contributed by atoms with Gasteiger partial charge in [0.25, 0.3) is 0 Å². The lowest BCUT2D eigenvalue weighted by Gasteiger charge is -2.05. The Morgan fingerprint density at radius 2 is 2.28 bits per heavy atom. The van der Waals surface area contributed by atoms with Crippen LogP contribution in [0.15, 0.2) is 11.1 Å². The highest BCUT2D eigenvalue weighted by Crippen LogP contribution is 2.16. The number of hydrogen-bond donors (Lipinski definition) is 1. The number of unbranched alkanes of at least 4 members (excludes halogenated alkanes) is 1. The van der Waals surface area contributed by atoms with Crippen molar-refractivity contribution in [2.75, 3.05) is 0 Å². The van der Waals surface area contributed by atoms with Crippen molar-refractivity contribution in [3.05, 3.63) is 27.7 Å². The van der Waals surface area contributed by atoms with E-state index in [9.17, 15) is 10.0 Å². The average molecular weight is 251 g/mol. The predicted molar refractivity (Wildman–Crippen MR) is 65.9 cm³/mol. The van der Waals surface area contributed by atoms with E-state index in [0.29, 0.717) is 18.1 Å². The van der Waals surface area contributed by atoms with Gasteiger partial charge in [-0.1, -0.05) is 13.3 Å². The summed E-state index contributed by atoms with van der Waals surface area (Å²) in [5.41, 5.74) is 0.926. The number of aromatic amines is 1. The Hall–Kier alpha value is -2.05. The van der Waals surface area contributed by atoms with Crippen molar-refractivity contribution in [2.45, 2.75) is 33.2 Å². The molecule has 0 aliphatic carbocycles. The van der Waals surface area contributed by atoms with Crippen molar-refractivity contribution >= 4 is 0 Å². The third-order valence-corrected chi connectivity index (χ3v) is 3.08. The number of aromatic nitrogens is 5. The molecule has 2 heterocycles. The van der Waals surface area contributed by atoms with E-state index in [1.165, 1.54) is 10.9 Å². The predicted octanol–water partition coefficient (Wildman–Crippen LogP) is 0.319. The van der Waals surface area contributed by atoms with E-state index in [4.69, 9.17) is 0 Å². The minimum atomic E-state index is -0.276. The lowest BCUT2D eigenvalue weighted by atomic mass is 10.3. The molecule has 0 spiro atoms. The maximum absolute atomic E-state index is 11.8. The van der Waals surface area contributed by atoms with Gasteiger partial charge in [0.05, 0.1) is 7.05 Å². The molecule has 0 saturated heterocycles. The van der Waals surface area contributed by atoms with Crippen molar-refractivity contribution in [3.63, 3.8) is 0 Å². The summed E-state index contributed by atoms with van der Waals surface area (Å²) in [4.78, 5) is 11.7. The van der Waals surface area contributed by atoms with Gasteiger partial charge < -0.3 is 5.21 Å². The summed E-state index contributed by atoms with van der Waals surface area (Å²) in [7, 11) is 1.79. The van der Waals surface area contributed by atoms with Crippen molar-refractivity contribution < 1.29 is 4.73 Å². The maximum Gasteiger partial charge on any atom is 0.343 e. The summed E-state index contributed by atoms with van der Waals surface area (Å²) in [5, 5.41) is 18.2. The number of H-pyrrole nitrogens is 1. The maximum atomic E-state index is 11.8. The largest absolute Gasteiger partial charge is 0.710 e. The summed E-state index contributed by atoms with van der Waals surface area (Å²) >= 11 is 0. The Morgan fingerprint density at radius 3 is 2.83 bits per heavy atom. The number of nitrogens with one attached hydrogen (secondary N) is 1. The SMILES string of the molecule is CCCCn1c(-c2c(C)n(C)c[n+]2[O-])n[nH]c1=O. The monoisotopic (exact) mass is 251 g/mol. The van der Waals surface area contributed by atoms with Crippen LogP contribution in [0.5, 0.6) is 0 Å². The molecule has 0 aromatic carbocycles. The molecule has 0 unspecified atom stereocenters. The number of nitrogens with zero attached hydrogens (tertiary/aromatic N) is 4. The fourth-order valence-corrected chi connectivity index (χ4v) is 1.91. The molecule has 7 heteroatoms. The van der Waals surface area contributed by atoms with Gasteiger partial charge in [-0.2, -0.15) is 0 Å². The molecule has 0 amide bonds. The van der Waals surface area contributed by atoms with Gasteiger partial charge in [0.2, 0.25) is 17.8 Å². The van der Waals surface area contributed by atoms with Crippen LogP contribution in [0, 0.1) is 12.1 Å². The molecule has 0 saturated carbocycles. The van der Waals surface area contributed by atoms with E-state index in [0.717, 1.165) is 23.3 Å². The lowest BCUT2D eigenvalue weighted by molar-refractivity contribution is -0.593. The average Bonchev–Trinajstić information content (AvgIpc) is 2.79. The normalized spacial score (nSPS) is 11.1. The molecular formula is C11H17N5O2. The van der Waals surface area contributed by atoms with Gasteiger partial charge in [0.15, 0.2) is 5.69 Å². The number of hydrogen-bond acceptors (Lipinski definition) is 3. The first-order valence-electron chi connectivity index (χ1n) is 5.97. The van der Waals surface area contributed by atoms with Crippen molar-refractivity contribution in [1.82, 2.24) is 19.3 Å². The summed E-state index contributed by atoms with van der Waals surface area (Å²) < 4.78 is 3.97. The van der Waals surface area contributed by atoms with Gasteiger partial charge in [-0.25, -0.2) is 19.2 Å². The molecule has 1 N–H and O–H groups in total. The van der Waals surface area contributed by atoms with Crippen molar-refractivity contribution in [3.8, 4) is 11.5 Å². The van der Waals surface area contributed by atoms with Gasteiger partial charge in [0, 0.05) is 13.5 Å². The lowest BCUT2D eigenvalue weighted by Crippen LogP contribution is -2.28. The Bertz CT molecular complexity index is 607. The van der Waals surface area contributed by atoms with Gasteiger partial charge in [-0.15, -0.1) is 5.10 Å². The molecule has 2 aromatic heterocycles. The zero-order valence-corrected chi connectivity index (χ0v) is 10.8. The summed E-state index contributed by atoms with van der Waals surface area (Å²) in [6.07, 6.45) is 3.27. The highest BCUT2D eigenvalue weighted by molar-refractivity contribution is 5.48. The summed E-state index contributed by atoms with van der Waals surface area (Å²) in [5.74, 6) is 0.404. The van der Waals surface area contributed by atoms with E-state index in [-0.39, 0.29) is 5.69 Å². The van der Waals surface area contributed by atoms with Crippen LogP contribution in [0.1, 0.15) is 25.5 Å². The van der Waals surface area contributed by atoms with Crippen molar-refractivity contribution in [1.29, 1.82) is 0 Å². The zero-order chi connectivity index (χ0) is 13.3. The summed E-state index contributed by atoms with van der Waals surface area (Å²) in [6, 6.07) is 0. The molecular weight excluding hydrogens is 234 g/mol. The number of aryl methyl sites for hydroxylation is 1. The highest BCUT2D eigenvalue weighted by Gasteiger charge is 2.22. The van der Waals surface area contributed by atoms with E-state index in [1.54, 1.807) is 11.6 Å². The molecule has 0 radical (unpaired) electrons. The van der Waals surface area contributed by atoms with Crippen LogP contribution in [0.3, 0.4) is 0 Å². The Morgan fingerprint density at radius 1 is 1.56 bits per heavy atom. The molecule has 18 heavy (non-hydrogen) atoms. The summed E-state index contributed by atoms with van der Waals surface area (Å²) in [6.45, 7) is 4.44. The quantitative estimate of drug-likeness (QED) is 0.627. The van der Waals surface area contributed by atoms with Crippen LogP contribution < -0.4 is 10.4 Å². The fraction of sp³-hybridized carbons (Fsp3) is 0.545.